The predicted octanol–water partition coefficient (Wildman–Crippen LogP) is 1.28. The standard InChI is InChI=1S/C11H19NO/c1-2-3-4-7-11(9-12)8-5-6-10(11)13/h10,13H,4-9,12H2,1H3. The van der Waals surface area contributed by atoms with Crippen molar-refractivity contribution in [3.63, 3.8) is 0 Å². The fourth-order valence-electron chi connectivity index (χ4n) is 2.19. The van der Waals surface area contributed by atoms with E-state index in [1.807, 2.05) is 6.92 Å². The molecule has 0 spiro atoms. The van der Waals surface area contributed by atoms with E-state index >= 15 is 0 Å². The van der Waals surface area contributed by atoms with Gasteiger partial charge in [-0.1, -0.05) is 6.42 Å². The lowest BCUT2D eigenvalue weighted by Gasteiger charge is -2.30. The normalized spacial score (nSPS) is 32.7. The molecule has 2 atom stereocenters. The molecule has 2 nitrogen and oxygen atoms in total. The van der Waals surface area contributed by atoms with Gasteiger partial charge >= 0.3 is 0 Å². The van der Waals surface area contributed by atoms with E-state index in [1.54, 1.807) is 0 Å². The number of rotatable bonds is 3. The smallest absolute Gasteiger partial charge is 0.0608 e. The van der Waals surface area contributed by atoms with Crippen LogP contribution in [0.2, 0.25) is 0 Å². The summed E-state index contributed by atoms with van der Waals surface area (Å²) in [6.45, 7) is 2.44. The zero-order chi connectivity index (χ0) is 9.73. The van der Waals surface area contributed by atoms with E-state index in [1.165, 1.54) is 0 Å². The molecule has 0 heterocycles. The fourth-order valence-corrected chi connectivity index (χ4v) is 2.19. The lowest BCUT2D eigenvalue weighted by molar-refractivity contribution is 0.0532. The van der Waals surface area contributed by atoms with Gasteiger partial charge in [0.05, 0.1) is 6.10 Å². The highest BCUT2D eigenvalue weighted by Crippen LogP contribution is 2.41. The van der Waals surface area contributed by atoms with Gasteiger partial charge in [-0.15, -0.1) is 11.8 Å². The monoisotopic (exact) mass is 181 g/mol. The fraction of sp³-hybridized carbons (Fsp3) is 0.818. The van der Waals surface area contributed by atoms with Crippen LogP contribution in [0.5, 0.6) is 0 Å². The van der Waals surface area contributed by atoms with Gasteiger partial charge in [0, 0.05) is 18.4 Å². The number of hydrogen-bond donors (Lipinski definition) is 2. The maximum atomic E-state index is 9.81. The van der Waals surface area contributed by atoms with Gasteiger partial charge in [-0.2, -0.15) is 0 Å². The van der Waals surface area contributed by atoms with Crippen LogP contribution in [-0.4, -0.2) is 17.8 Å². The molecule has 0 amide bonds. The van der Waals surface area contributed by atoms with Crippen LogP contribution < -0.4 is 5.73 Å². The summed E-state index contributed by atoms with van der Waals surface area (Å²) in [5, 5.41) is 9.81. The number of hydrogen-bond acceptors (Lipinski definition) is 2. The van der Waals surface area contributed by atoms with Gasteiger partial charge < -0.3 is 10.8 Å². The number of aliphatic hydroxyl groups is 1. The van der Waals surface area contributed by atoms with Crippen LogP contribution in [0, 0.1) is 17.3 Å². The first-order chi connectivity index (χ1) is 6.25. The summed E-state index contributed by atoms with van der Waals surface area (Å²) in [6.07, 6.45) is 4.71. The molecule has 0 radical (unpaired) electrons. The van der Waals surface area contributed by atoms with Crippen molar-refractivity contribution >= 4 is 0 Å². The summed E-state index contributed by atoms with van der Waals surface area (Å²) in [5.41, 5.74) is 5.71. The molecule has 3 N–H and O–H groups in total. The van der Waals surface area contributed by atoms with Gasteiger partial charge in [-0.3, -0.25) is 0 Å². The van der Waals surface area contributed by atoms with Crippen molar-refractivity contribution < 1.29 is 5.11 Å². The molecule has 0 aromatic carbocycles. The van der Waals surface area contributed by atoms with Crippen LogP contribution in [0.15, 0.2) is 0 Å². The van der Waals surface area contributed by atoms with Crippen molar-refractivity contribution in [3.8, 4) is 11.8 Å². The lowest BCUT2D eigenvalue weighted by Crippen LogP contribution is -2.37. The summed E-state index contributed by atoms with van der Waals surface area (Å²) in [5.74, 6) is 5.91. The molecule has 0 aromatic heterocycles. The SMILES string of the molecule is CC#CCCC1(CN)CCCC1O. The Hall–Kier alpha value is -0.520. The van der Waals surface area contributed by atoms with Crippen LogP contribution in [0.3, 0.4) is 0 Å². The second kappa shape index (κ2) is 4.64. The molecule has 0 aliphatic heterocycles. The van der Waals surface area contributed by atoms with Gasteiger partial charge in [-0.25, -0.2) is 0 Å². The van der Waals surface area contributed by atoms with E-state index < -0.39 is 0 Å². The van der Waals surface area contributed by atoms with Crippen molar-refractivity contribution in [1.29, 1.82) is 0 Å². The van der Waals surface area contributed by atoms with Gasteiger partial charge in [0.1, 0.15) is 0 Å². The molecule has 0 bridgehead atoms. The predicted molar refractivity (Wildman–Crippen MR) is 54.0 cm³/mol. The van der Waals surface area contributed by atoms with Crippen LogP contribution >= 0.6 is 0 Å². The summed E-state index contributed by atoms with van der Waals surface area (Å²) < 4.78 is 0. The Kier molecular flexibility index (Phi) is 3.77. The molecule has 1 aliphatic rings. The first kappa shape index (κ1) is 10.6. The van der Waals surface area contributed by atoms with Gasteiger partial charge in [0.15, 0.2) is 0 Å². The molecule has 2 heteroatoms. The second-order valence-electron chi connectivity index (χ2n) is 3.90. The van der Waals surface area contributed by atoms with Crippen LogP contribution in [0.1, 0.15) is 39.0 Å². The van der Waals surface area contributed by atoms with Crippen molar-refractivity contribution in [2.75, 3.05) is 6.54 Å². The minimum absolute atomic E-state index is 0.0240. The van der Waals surface area contributed by atoms with Crippen molar-refractivity contribution in [2.24, 2.45) is 11.1 Å². The highest BCUT2D eigenvalue weighted by molar-refractivity contribution is 5.00. The first-order valence-electron chi connectivity index (χ1n) is 5.03. The molecule has 0 saturated heterocycles. The quantitative estimate of drug-likeness (QED) is 0.644. The van der Waals surface area contributed by atoms with E-state index in [9.17, 15) is 5.11 Å². The number of nitrogens with two attached hydrogens (primary N) is 1. The van der Waals surface area contributed by atoms with E-state index in [2.05, 4.69) is 11.8 Å². The Bertz CT molecular complexity index is 216. The molecule has 0 aromatic rings. The Morgan fingerprint density at radius 3 is 2.85 bits per heavy atom. The Labute approximate surface area is 80.5 Å². The average molecular weight is 181 g/mol. The van der Waals surface area contributed by atoms with Crippen molar-refractivity contribution in [2.45, 2.75) is 45.1 Å². The van der Waals surface area contributed by atoms with Crippen LogP contribution in [0.25, 0.3) is 0 Å². The minimum atomic E-state index is -0.198. The summed E-state index contributed by atoms with van der Waals surface area (Å²) in [6, 6.07) is 0. The summed E-state index contributed by atoms with van der Waals surface area (Å²) in [7, 11) is 0. The Morgan fingerprint density at radius 2 is 2.38 bits per heavy atom. The highest BCUT2D eigenvalue weighted by atomic mass is 16.3. The van der Waals surface area contributed by atoms with E-state index in [-0.39, 0.29) is 11.5 Å². The molecule has 1 aliphatic carbocycles. The molecule has 13 heavy (non-hydrogen) atoms. The van der Waals surface area contributed by atoms with Gasteiger partial charge in [0.2, 0.25) is 0 Å². The van der Waals surface area contributed by atoms with Crippen molar-refractivity contribution in [3.05, 3.63) is 0 Å². The molecule has 2 unspecified atom stereocenters. The molecular weight excluding hydrogens is 162 g/mol. The lowest BCUT2D eigenvalue weighted by atomic mass is 9.80. The third-order valence-corrected chi connectivity index (χ3v) is 3.19. The topological polar surface area (TPSA) is 46.2 Å². The summed E-state index contributed by atoms with van der Waals surface area (Å²) in [4.78, 5) is 0. The third kappa shape index (κ3) is 2.24. The second-order valence-corrected chi connectivity index (χ2v) is 3.90. The highest BCUT2D eigenvalue weighted by Gasteiger charge is 2.39. The number of aliphatic hydroxyl groups excluding tert-OH is 1. The molecule has 1 rings (SSSR count). The Morgan fingerprint density at radius 1 is 1.62 bits per heavy atom. The van der Waals surface area contributed by atoms with Crippen LogP contribution in [-0.2, 0) is 0 Å². The van der Waals surface area contributed by atoms with E-state index in [0.717, 1.165) is 32.1 Å². The Balaban J connectivity index is 2.52. The molecular formula is C11H19NO. The van der Waals surface area contributed by atoms with Gasteiger partial charge in [-0.05, 0) is 26.2 Å². The maximum absolute atomic E-state index is 9.81. The largest absolute Gasteiger partial charge is 0.393 e. The van der Waals surface area contributed by atoms with Crippen LogP contribution in [0.4, 0.5) is 0 Å². The van der Waals surface area contributed by atoms with E-state index in [4.69, 9.17) is 5.73 Å². The zero-order valence-electron chi connectivity index (χ0n) is 8.34. The minimum Gasteiger partial charge on any atom is -0.393 e. The summed E-state index contributed by atoms with van der Waals surface area (Å²) >= 11 is 0. The zero-order valence-corrected chi connectivity index (χ0v) is 8.34. The average Bonchev–Trinajstić information content (AvgIpc) is 2.49. The first-order valence-corrected chi connectivity index (χ1v) is 5.03. The molecule has 1 fully saturated rings. The van der Waals surface area contributed by atoms with Crippen molar-refractivity contribution in [1.82, 2.24) is 0 Å². The molecule has 74 valence electrons. The maximum Gasteiger partial charge on any atom is 0.0608 e. The third-order valence-electron chi connectivity index (χ3n) is 3.19. The van der Waals surface area contributed by atoms with E-state index in [0.29, 0.717) is 6.54 Å². The molecule has 1 saturated carbocycles. The van der Waals surface area contributed by atoms with Gasteiger partial charge in [0.25, 0.3) is 0 Å².